The van der Waals surface area contributed by atoms with Crippen LogP contribution in [0, 0.1) is 11.8 Å². The molecule has 1 heterocycles. The number of esters is 1. The van der Waals surface area contributed by atoms with Gasteiger partial charge < -0.3 is 14.6 Å². The lowest BCUT2D eigenvalue weighted by molar-refractivity contribution is -0.142. The molecular formula is C21H26BrCl2NO5. The number of hydrogen-bond donors (Lipinski definition) is 1. The number of halogens is 3. The van der Waals surface area contributed by atoms with E-state index in [9.17, 15) is 9.59 Å². The summed E-state index contributed by atoms with van der Waals surface area (Å²) in [7, 11) is 0. The van der Waals surface area contributed by atoms with Crippen molar-refractivity contribution in [1.82, 2.24) is 4.98 Å². The number of aliphatic carboxylic acids is 1. The molecule has 1 aliphatic carbocycles. The Hall–Kier alpha value is -1.31. The zero-order valence-electron chi connectivity index (χ0n) is 16.7. The van der Waals surface area contributed by atoms with Crippen LogP contribution in [0.15, 0.2) is 24.3 Å². The number of carboxylic acids is 1. The summed E-state index contributed by atoms with van der Waals surface area (Å²) in [5.74, 6) is -0.107. The van der Waals surface area contributed by atoms with Crippen LogP contribution in [-0.2, 0) is 20.9 Å². The highest BCUT2D eigenvalue weighted by molar-refractivity contribution is 9.09. The van der Waals surface area contributed by atoms with Crippen molar-refractivity contribution in [2.45, 2.75) is 55.8 Å². The van der Waals surface area contributed by atoms with Crippen LogP contribution >= 0.6 is 39.1 Å². The van der Waals surface area contributed by atoms with E-state index < -0.39 is 11.9 Å². The summed E-state index contributed by atoms with van der Waals surface area (Å²) in [5.41, 5.74) is 0.515. The summed E-state index contributed by atoms with van der Waals surface area (Å²) in [5, 5.41) is 8.89. The van der Waals surface area contributed by atoms with E-state index in [1.165, 1.54) is 6.92 Å². The van der Waals surface area contributed by atoms with Crippen molar-refractivity contribution >= 4 is 51.1 Å². The van der Waals surface area contributed by atoms with Gasteiger partial charge in [0.1, 0.15) is 17.5 Å². The van der Waals surface area contributed by atoms with Crippen molar-refractivity contribution in [3.05, 3.63) is 35.1 Å². The third-order valence-electron chi connectivity index (χ3n) is 4.94. The average Bonchev–Trinajstić information content (AvgIpc) is 2.94. The third kappa shape index (κ3) is 8.44. The second kappa shape index (κ2) is 12.5. The van der Waals surface area contributed by atoms with Crippen molar-refractivity contribution in [1.29, 1.82) is 0 Å². The number of alkyl halides is 2. The molecule has 0 amide bonds. The summed E-state index contributed by atoms with van der Waals surface area (Å²) in [6, 6.07) is 3.33. The van der Waals surface area contributed by atoms with Gasteiger partial charge in [0.05, 0.1) is 17.7 Å². The van der Waals surface area contributed by atoms with E-state index in [4.69, 9.17) is 37.8 Å². The van der Waals surface area contributed by atoms with Crippen LogP contribution in [0.2, 0.25) is 5.15 Å². The highest BCUT2D eigenvalue weighted by atomic mass is 79.9. The standard InChI is InChI=1S/C21H26BrCl2NO5/c1-13(26)29-11-15-9-16(10-19(23)25-15)30-12-17-14(8-18(22)21(17)24)6-4-2-3-5-7-20(27)28/h2,4,9-10,14,17-18,21H,3,5-8,11-12H2,1H3,(H,27,28)/t14-,17+,18?,21?/m0/s1. The molecule has 1 fully saturated rings. The molecule has 0 bridgehead atoms. The van der Waals surface area contributed by atoms with Crippen LogP contribution in [0.25, 0.3) is 0 Å². The summed E-state index contributed by atoms with van der Waals surface area (Å²) >= 11 is 16.3. The zero-order chi connectivity index (χ0) is 22.1. The van der Waals surface area contributed by atoms with E-state index in [-0.39, 0.29) is 34.3 Å². The Morgan fingerprint density at radius 1 is 1.37 bits per heavy atom. The van der Waals surface area contributed by atoms with E-state index >= 15 is 0 Å². The maximum absolute atomic E-state index is 11.0. The molecule has 1 saturated carbocycles. The molecule has 0 aromatic carbocycles. The normalized spacial score (nSPS) is 23.6. The Bertz CT molecular complexity index is 761. The van der Waals surface area contributed by atoms with Gasteiger partial charge in [-0.2, -0.15) is 0 Å². The van der Waals surface area contributed by atoms with Gasteiger partial charge in [-0.05, 0) is 31.6 Å². The Labute approximate surface area is 195 Å². The Morgan fingerprint density at radius 3 is 2.83 bits per heavy atom. The largest absolute Gasteiger partial charge is 0.493 e. The van der Waals surface area contributed by atoms with Crippen LogP contribution in [-0.4, -0.2) is 38.8 Å². The summed E-state index contributed by atoms with van der Waals surface area (Å²) in [4.78, 5) is 25.9. The van der Waals surface area contributed by atoms with Gasteiger partial charge in [0.25, 0.3) is 0 Å². The van der Waals surface area contributed by atoms with Crippen molar-refractivity contribution < 1.29 is 24.2 Å². The number of allylic oxidation sites excluding steroid dienone is 2. The van der Waals surface area contributed by atoms with E-state index in [1.807, 2.05) is 6.08 Å². The Kier molecular flexibility index (Phi) is 10.4. The molecular weight excluding hydrogens is 497 g/mol. The number of carbonyl (C=O) groups is 2. The molecule has 30 heavy (non-hydrogen) atoms. The first kappa shape index (κ1) is 25.0. The number of rotatable bonds is 11. The third-order valence-corrected chi connectivity index (χ3v) is 7.01. The number of hydrogen-bond acceptors (Lipinski definition) is 5. The van der Waals surface area contributed by atoms with Crippen LogP contribution in [0.1, 0.15) is 44.7 Å². The van der Waals surface area contributed by atoms with E-state index in [0.29, 0.717) is 30.4 Å². The molecule has 1 N–H and O–H groups in total. The predicted molar refractivity (Wildman–Crippen MR) is 119 cm³/mol. The SMILES string of the molecule is CC(=O)OCc1cc(OC[C@H]2C(Cl)C(Br)C[C@@H]2CC=CCCCC(=O)O)cc(Cl)n1. The quantitative estimate of drug-likeness (QED) is 0.138. The van der Waals surface area contributed by atoms with Gasteiger partial charge in [-0.15, -0.1) is 11.6 Å². The van der Waals surface area contributed by atoms with Gasteiger partial charge >= 0.3 is 11.9 Å². The minimum absolute atomic E-state index is 0.0343. The fourth-order valence-electron chi connectivity index (χ4n) is 3.43. The number of nitrogens with zero attached hydrogens (tertiary/aromatic N) is 1. The molecule has 0 spiro atoms. The van der Waals surface area contributed by atoms with Crippen molar-refractivity contribution in [2.75, 3.05) is 6.61 Å². The molecule has 0 aliphatic heterocycles. The minimum atomic E-state index is -0.768. The molecule has 6 nitrogen and oxygen atoms in total. The second-order valence-corrected chi connectivity index (χ2v) is 9.39. The van der Waals surface area contributed by atoms with Gasteiger partial charge in [-0.1, -0.05) is 39.7 Å². The first-order valence-electron chi connectivity index (χ1n) is 9.83. The molecule has 2 rings (SSSR count). The smallest absolute Gasteiger partial charge is 0.303 e. The zero-order valence-corrected chi connectivity index (χ0v) is 19.8. The van der Waals surface area contributed by atoms with Gasteiger partial charge in [-0.25, -0.2) is 4.98 Å². The number of ether oxygens (including phenoxy) is 2. The fourth-order valence-corrected chi connectivity index (χ4v) is 4.90. The molecule has 1 aromatic rings. The molecule has 166 valence electrons. The highest BCUT2D eigenvalue weighted by Gasteiger charge is 2.40. The predicted octanol–water partition coefficient (Wildman–Crippen LogP) is 5.39. The van der Waals surface area contributed by atoms with Crippen LogP contribution in [0.4, 0.5) is 0 Å². The lowest BCUT2D eigenvalue weighted by Crippen LogP contribution is -2.25. The van der Waals surface area contributed by atoms with Gasteiger partial charge in [0.15, 0.2) is 0 Å². The summed E-state index contributed by atoms with van der Waals surface area (Å²) < 4.78 is 10.9. The van der Waals surface area contributed by atoms with Crippen molar-refractivity contribution in [2.24, 2.45) is 11.8 Å². The molecule has 4 atom stereocenters. The maximum Gasteiger partial charge on any atom is 0.303 e. The Morgan fingerprint density at radius 2 is 2.13 bits per heavy atom. The fraction of sp³-hybridized carbons (Fsp3) is 0.571. The van der Waals surface area contributed by atoms with Crippen LogP contribution in [0.5, 0.6) is 5.75 Å². The topological polar surface area (TPSA) is 85.7 Å². The van der Waals surface area contributed by atoms with Gasteiger partial charge in [-0.3, -0.25) is 9.59 Å². The summed E-state index contributed by atoms with van der Waals surface area (Å²) in [6.07, 6.45) is 7.52. The first-order chi connectivity index (χ1) is 14.3. The van der Waals surface area contributed by atoms with Crippen LogP contribution in [0.3, 0.4) is 0 Å². The molecule has 0 saturated heterocycles. The van der Waals surface area contributed by atoms with E-state index in [0.717, 1.165) is 19.3 Å². The number of aromatic nitrogens is 1. The van der Waals surface area contributed by atoms with Crippen molar-refractivity contribution in [3.63, 3.8) is 0 Å². The highest BCUT2D eigenvalue weighted by Crippen LogP contribution is 2.42. The van der Waals surface area contributed by atoms with E-state index in [1.54, 1.807) is 12.1 Å². The minimum Gasteiger partial charge on any atom is -0.493 e. The molecule has 2 unspecified atom stereocenters. The Balaban J connectivity index is 1.92. The average molecular weight is 523 g/mol. The number of carbonyl (C=O) groups excluding carboxylic acids is 1. The molecule has 1 aromatic heterocycles. The number of unbranched alkanes of at least 4 members (excludes halogenated alkanes) is 1. The lowest BCUT2D eigenvalue weighted by atomic mass is 9.93. The molecule has 1 aliphatic rings. The maximum atomic E-state index is 11.0. The first-order valence-corrected chi connectivity index (χ1v) is 11.6. The van der Waals surface area contributed by atoms with Gasteiger partial charge in [0, 0.05) is 36.2 Å². The molecule has 9 heteroatoms. The molecule has 0 radical (unpaired) electrons. The monoisotopic (exact) mass is 521 g/mol. The van der Waals surface area contributed by atoms with E-state index in [2.05, 4.69) is 27.0 Å². The number of carboxylic acid groups (broad SMARTS) is 1. The van der Waals surface area contributed by atoms with Gasteiger partial charge in [0.2, 0.25) is 0 Å². The van der Waals surface area contributed by atoms with Crippen molar-refractivity contribution in [3.8, 4) is 5.75 Å². The van der Waals surface area contributed by atoms with Crippen LogP contribution < -0.4 is 4.74 Å². The summed E-state index contributed by atoms with van der Waals surface area (Å²) in [6.45, 7) is 1.80. The second-order valence-electron chi connectivity index (χ2n) is 7.32. The number of pyridine rings is 1. The lowest BCUT2D eigenvalue weighted by Gasteiger charge is -2.21.